The fourth-order valence-corrected chi connectivity index (χ4v) is 3.17. The van der Waals surface area contributed by atoms with Crippen molar-refractivity contribution in [1.29, 1.82) is 0 Å². The second-order valence-corrected chi connectivity index (χ2v) is 6.06. The summed E-state index contributed by atoms with van der Waals surface area (Å²) in [7, 11) is 0. The van der Waals surface area contributed by atoms with Gasteiger partial charge in [-0.2, -0.15) is 0 Å². The monoisotopic (exact) mass is 298 g/mol. The summed E-state index contributed by atoms with van der Waals surface area (Å²) in [5.41, 5.74) is 7.44. The molecule has 1 saturated heterocycles. The molecule has 1 aromatic heterocycles. The second-order valence-electron chi connectivity index (χ2n) is 6.06. The van der Waals surface area contributed by atoms with Gasteiger partial charge in [0.15, 0.2) is 5.96 Å². The van der Waals surface area contributed by atoms with Gasteiger partial charge in [-0.05, 0) is 36.8 Å². The van der Waals surface area contributed by atoms with E-state index in [-0.39, 0.29) is 0 Å². The van der Waals surface area contributed by atoms with E-state index in [1.54, 1.807) is 0 Å². The number of likely N-dealkylation sites (tertiary alicyclic amines) is 1. The highest BCUT2D eigenvalue weighted by molar-refractivity contribution is 5.80. The number of rotatable bonds is 4. The van der Waals surface area contributed by atoms with Gasteiger partial charge in [-0.3, -0.25) is 4.99 Å². The van der Waals surface area contributed by atoms with Crippen molar-refractivity contribution in [3.63, 3.8) is 0 Å². The summed E-state index contributed by atoms with van der Waals surface area (Å²) < 4.78 is 2.30. The highest BCUT2D eigenvalue weighted by Crippen LogP contribution is 2.15. The Labute approximate surface area is 132 Å². The third-order valence-electron chi connectivity index (χ3n) is 4.44. The van der Waals surface area contributed by atoms with Gasteiger partial charge in [0.25, 0.3) is 0 Å². The summed E-state index contributed by atoms with van der Waals surface area (Å²) in [6, 6.07) is 10.7. The van der Waals surface area contributed by atoms with Crippen LogP contribution >= 0.6 is 0 Å². The Kier molecular flexibility index (Phi) is 4.99. The summed E-state index contributed by atoms with van der Waals surface area (Å²) in [5.74, 6) is 0.735. The van der Waals surface area contributed by atoms with Crippen LogP contribution in [0.4, 0.5) is 0 Å². The molecular weight excluding hydrogens is 272 g/mol. The molecule has 0 saturated carbocycles. The molecule has 22 heavy (non-hydrogen) atoms. The fraction of sp³-hybridized carbons (Fsp3) is 0.500. The SMILES string of the molecule is NC(=NCCCn1ccc2ccccc21)N1CCCCCC1. The molecular formula is C18H26N4. The molecule has 118 valence electrons. The number of aromatic nitrogens is 1. The van der Waals surface area contributed by atoms with Crippen LogP contribution < -0.4 is 5.73 Å². The summed E-state index contributed by atoms with van der Waals surface area (Å²) in [5, 5.41) is 1.30. The number of benzene rings is 1. The van der Waals surface area contributed by atoms with Gasteiger partial charge in [0.1, 0.15) is 0 Å². The number of guanidine groups is 1. The number of nitrogens with zero attached hydrogens (tertiary/aromatic N) is 3. The average Bonchev–Trinajstić information content (AvgIpc) is 2.77. The van der Waals surface area contributed by atoms with E-state index in [9.17, 15) is 0 Å². The van der Waals surface area contributed by atoms with Gasteiger partial charge in [0.05, 0.1) is 0 Å². The lowest BCUT2D eigenvalue weighted by atomic mass is 10.2. The van der Waals surface area contributed by atoms with Crippen molar-refractivity contribution >= 4 is 16.9 Å². The van der Waals surface area contributed by atoms with Crippen molar-refractivity contribution in [2.45, 2.75) is 38.6 Å². The van der Waals surface area contributed by atoms with Gasteiger partial charge in [-0.1, -0.05) is 31.0 Å². The number of hydrogen-bond donors (Lipinski definition) is 1. The first-order valence-corrected chi connectivity index (χ1v) is 8.43. The minimum atomic E-state index is 0.735. The molecule has 1 aliphatic heterocycles. The lowest BCUT2D eigenvalue weighted by molar-refractivity contribution is 0.428. The van der Waals surface area contributed by atoms with Crippen LogP contribution in [0.3, 0.4) is 0 Å². The van der Waals surface area contributed by atoms with E-state index in [1.165, 1.54) is 36.6 Å². The molecule has 0 unspecified atom stereocenters. The molecule has 3 rings (SSSR count). The molecule has 2 aromatic rings. The van der Waals surface area contributed by atoms with Crippen molar-refractivity contribution in [3.05, 3.63) is 36.5 Å². The van der Waals surface area contributed by atoms with Crippen molar-refractivity contribution in [2.75, 3.05) is 19.6 Å². The first-order chi connectivity index (χ1) is 10.8. The average molecular weight is 298 g/mol. The zero-order valence-electron chi connectivity index (χ0n) is 13.2. The molecule has 0 bridgehead atoms. The molecule has 0 spiro atoms. The minimum Gasteiger partial charge on any atom is -0.370 e. The van der Waals surface area contributed by atoms with Crippen LogP contribution in [0.25, 0.3) is 10.9 Å². The number of fused-ring (bicyclic) bond motifs is 1. The third kappa shape index (κ3) is 3.62. The highest BCUT2D eigenvalue weighted by atomic mass is 15.2. The first-order valence-electron chi connectivity index (χ1n) is 8.43. The number of hydrogen-bond acceptors (Lipinski definition) is 1. The zero-order valence-corrected chi connectivity index (χ0v) is 13.2. The Morgan fingerprint density at radius 1 is 1.05 bits per heavy atom. The Bertz CT molecular complexity index is 621. The maximum atomic E-state index is 6.14. The normalized spacial score (nSPS) is 16.9. The number of para-hydroxylation sites is 1. The molecule has 0 atom stereocenters. The van der Waals surface area contributed by atoms with Crippen molar-refractivity contribution < 1.29 is 0 Å². The van der Waals surface area contributed by atoms with E-state index in [2.05, 4.69) is 51.0 Å². The van der Waals surface area contributed by atoms with Crippen LogP contribution in [0.15, 0.2) is 41.5 Å². The minimum absolute atomic E-state index is 0.735. The predicted molar refractivity (Wildman–Crippen MR) is 93.1 cm³/mol. The summed E-state index contributed by atoms with van der Waals surface area (Å²) in [6.45, 7) is 3.92. The molecule has 1 aliphatic rings. The van der Waals surface area contributed by atoms with Crippen LogP contribution in [-0.4, -0.2) is 35.1 Å². The summed E-state index contributed by atoms with van der Waals surface area (Å²) in [6.07, 6.45) is 8.31. The van der Waals surface area contributed by atoms with Gasteiger partial charge in [-0.15, -0.1) is 0 Å². The molecule has 0 aliphatic carbocycles. The van der Waals surface area contributed by atoms with E-state index in [4.69, 9.17) is 5.73 Å². The van der Waals surface area contributed by atoms with Gasteiger partial charge < -0.3 is 15.2 Å². The van der Waals surface area contributed by atoms with Crippen LogP contribution in [0.1, 0.15) is 32.1 Å². The molecule has 2 N–H and O–H groups in total. The molecule has 0 amide bonds. The van der Waals surface area contributed by atoms with Crippen LogP contribution in [0.2, 0.25) is 0 Å². The van der Waals surface area contributed by atoms with Gasteiger partial charge in [-0.25, -0.2) is 0 Å². The van der Waals surface area contributed by atoms with E-state index >= 15 is 0 Å². The largest absolute Gasteiger partial charge is 0.370 e. The molecule has 2 heterocycles. The number of nitrogens with two attached hydrogens (primary N) is 1. The Balaban J connectivity index is 1.51. The molecule has 1 fully saturated rings. The standard InChI is InChI=1S/C18H26N4/c19-18(22-12-5-1-2-6-13-22)20-11-7-14-21-15-10-16-8-3-4-9-17(16)21/h3-4,8-10,15H,1-2,5-7,11-14H2,(H2,19,20). The fourth-order valence-electron chi connectivity index (χ4n) is 3.17. The zero-order chi connectivity index (χ0) is 15.2. The number of aliphatic imine (C=N–C) groups is 1. The maximum Gasteiger partial charge on any atom is 0.191 e. The Morgan fingerprint density at radius 3 is 2.64 bits per heavy atom. The first kappa shape index (κ1) is 14.9. The van der Waals surface area contributed by atoms with Gasteiger partial charge >= 0.3 is 0 Å². The summed E-state index contributed by atoms with van der Waals surface area (Å²) in [4.78, 5) is 6.82. The smallest absolute Gasteiger partial charge is 0.191 e. The van der Waals surface area contributed by atoms with E-state index in [0.29, 0.717) is 0 Å². The van der Waals surface area contributed by atoms with Crippen LogP contribution in [-0.2, 0) is 6.54 Å². The molecule has 1 aromatic carbocycles. The Morgan fingerprint density at radius 2 is 1.82 bits per heavy atom. The maximum absolute atomic E-state index is 6.14. The van der Waals surface area contributed by atoms with E-state index < -0.39 is 0 Å². The highest BCUT2D eigenvalue weighted by Gasteiger charge is 2.10. The van der Waals surface area contributed by atoms with Crippen molar-refractivity contribution in [2.24, 2.45) is 10.7 Å². The molecule has 0 radical (unpaired) electrons. The van der Waals surface area contributed by atoms with E-state index in [0.717, 1.165) is 38.6 Å². The summed E-state index contributed by atoms with van der Waals surface area (Å²) >= 11 is 0. The Hall–Kier alpha value is -1.97. The lowest BCUT2D eigenvalue weighted by Crippen LogP contribution is -2.38. The topological polar surface area (TPSA) is 46.5 Å². The van der Waals surface area contributed by atoms with Gasteiger partial charge in [0, 0.05) is 37.9 Å². The van der Waals surface area contributed by atoms with Crippen LogP contribution in [0, 0.1) is 0 Å². The quantitative estimate of drug-likeness (QED) is 0.535. The van der Waals surface area contributed by atoms with Gasteiger partial charge in [0.2, 0.25) is 0 Å². The van der Waals surface area contributed by atoms with Crippen LogP contribution in [0.5, 0.6) is 0 Å². The van der Waals surface area contributed by atoms with E-state index in [1.807, 2.05) is 0 Å². The lowest BCUT2D eigenvalue weighted by Gasteiger charge is -2.21. The second kappa shape index (κ2) is 7.34. The predicted octanol–water partition coefficient (Wildman–Crippen LogP) is 3.22. The van der Waals surface area contributed by atoms with Crippen molar-refractivity contribution in [1.82, 2.24) is 9.47 Å². The molecule has 4 heteroatoms. The molecule has 4 nitrogen and oxygen atoms in total. The number of aryl methyl sites for hydroxylation is 1. The van der Waals surface area contributed by atoms with Crippen molar-refractivity contribution in [3.8, 4) is 0 Å². The third-order valence-corrected chi connectivity index (χ3v) is 4.44.